The summed E-state index contributed by atoms with van der Waals surface area (Å²) in [5, 5.41) is 7.53. The van der Waals surface area contributed by atoms with Gasteiger partial charge in [-0.2, -0.15) is 5.10 Å². The number of H-pyrrole nitrogens is 1. The average Bonchev–Trinajstić information content (AvgIpc) is 3.39. The van der Waals surface area contributed by atoms with Crippen molar-refractivity contribution in [3.05, 3.63) is 95.4 Å². The Hall–Kier alpha value is -4.13. The Bertz CT molecular complexity index is 1270. The number of aromatic amines is 1. The first-order chi connectivity index (χ1) is 16.2. The number of hydrogen-bond acceptors (Lipinski definition) is 5. The van der Waals surface area contributed by atoms with Crippen LogP contribution < -0.4 is 9.47 Å². The summed E-state index contributed by atoms with van der Waals surface area (Å²) in [6.45, 7) is 2.96. The van der Waals surface area contributed by atoms with Gasteiger partial charge in [-0.25, -0.2) is 0 Å². The van der Waals surface area contributed by atoms with Gasteiger partial charge >= 0.3 is 0 Å². The monoisotopic (exact) mass is 440 g/mol. The van der Waals surface area contributed by atoms with Gasteiger partial charge in [-0.1, -0.05) is 18.2 Å². The molecule has 0 saturated heterocycles. The van der Waals surface area contributed by atoms with Gasteiger partial charge in [-0.05, 0) is 60.5 Å². The Morgan fingerprint density at radius 2 is 1.91 bits per heavy atom. The molecular formula is C26H24N4O3. The van der Waals surface area contributed by atoms with Crippen LogP contribution in [0.2, 0.25) is 0 Å². The van der Waals surface area contributed by atoms with E-state index in [-0.39, 0.29) is 11.9 Å². The number of aromatic nitrogens is 3. The maximum atomic E-state index is 13.5. The third-order valence-electron chi connectivity index (χ3n) is 5.79. The molecule has 1 aliphatic heterocycles. The van der Waals surface area contributed by atoms with Crippen LogP contribution >= 0.6 is 0 Å². The van der Waals surface area contributed by atoms with Crippen LogP contribution in [0.15, 0.2) is 73.1 Å². The highest BCUT2D eigenvalue weighted by atomic mass is 16.5. The molecule has 1 N–H and O–H groups in total. The van der Waals surface area contributed by atoms with Crippen molar-refractivity contribution in [3.8, 4) is 22.8 Å². The number of pyridine rings is 1. The number of rotatable bonds is 7. The molecule has 7 nitrogen and oxygen atoms in total. The molecule has 5 rings (SSSR count). The zero-order chi connectivity index (χ0) is 22.8. The van der Waals surface area contributed by atoms with Gasteiger partial charge in [0, 0.05) is 30.1 Å². The molecule has 7 heteroatoms. The molecule has 1 amide bonds. The summed E-state index contributed by atoms with van der Waals surface area (Å²) < 4.78 is 11.0. The van der Waals surface area contributed by atoms with Crippen LogP contribution in [0, 0.1) is 0 Å². The molecule has 3 heterocycles. The molecular weight excluding hydrogens is 416 g/mol. The Morgan fingerprint density at radius 3 is 2.64 bits per heavy atom. The zero-order valence-corrected chi connectivity index (χ0v) is 18.5. The van der Waals surface area contributed by atoms with Crippen LogP contribution in [0.1, 0.15) is 40.1 Å². The molecule has 0 bridgehead atoms. The highest BCUT2D eigenvalue weighted by Crippen LogP contribution is 2.44. The van der Waals surface area contributed by atoms with Gasteiger partial charge in [-0.15, -0.1) is 0 Å². The van der Waals surface area contributed by atoms with Crippen molar-refractivity contribution in [2.75, 3.05) is 13.7 Å². The van der Waals surface area contributed by atoms with Gasteiger partial charge in [0.2, 0.25) is 0 Å². The summed E-state index contributed by atoms with van der Waals surface area (Å²) in [5.41, 5.74) is 4.96. The standard InChI is InChI=1S/C26H24N4O3/c1-3-33-21-8-4-7-19(14-21)25-22-23(18-9-11-20(32-2)12-10-18)28-29-24(22)26(31)30(25)16-17-6-5-13-27-15-17/h4-15,25H,3,16H2,1-2H3,(H,28,29). The first-order valence-electron chi connectivity index (χ1n) is 10.8. The first-order valence-corrected chi connectivity index (χ1v) is 10.8. The SMILES string of the molecule is CCOc1cccc(C2c3c(-c4ccc(OC)cc4)n[nH]c3C(=O)N2Cc2cccnc2)c1. The summed E-state index contributed by atoms with van der Waals surface area (Å²) in [4.78, 5) is 19.6. The highest BCUT2D eigenvalue weighted by molar-refractivity contribution is 6.00. The minimum absolute atomic E-state index is 0.0899. The highest BCUT2D eigenvalue weighted by Gasteiger charge is 2.42. The second kappa shape index (κ2) is 8.78. The topological polar surface area (TPSA) is 80.3 Å². The van der Waals surface area contributed by atoms with E-state index in [0.717, 1.165) is 39.4 Å². The fraction of sp³-hybridized carbons (Fsp3) is 0.192. The van der Waals surface area contributed by atoms with Gasteiger partial charge in [-0.3, -0.25) is 14.9 Å². The molecule has 4 aromatic rings. The molecule has 166 valence electrons. The Labute approximate surface area is 192 Å². The molecule has 2 aromatic heterocycles. The van der Waals surface area contributed by atoms with Crippen molar-refractivity contribution in [2.24, 2.45) is 0 Å². The van der Waals surface area contributed by atoms with Crippen LogP contribution in [0.4, 0.5) is 0 Å². The third kappa shape index (κ3) is 3.82. The van der Waals surface area contributed by atoms with E-state index in [1.165, 1.54) is 0 Å². The van der Waals surface area contributed by atoms with Crippen molar-refractivity contribution in [2.45, 2.75) is 19.5 Å². The van der Waals surface area contributed by atoms with Gasteiger partial charge in [0.1, 0.15) is 17.2 Å². The van der Waals surface area contributed by atoms with E-state index in [0.29, 0.717) is 18.8 Å². The summed E-state index contributed by atoms with van der Waals surface area (Å²) in [7, 11) is 1.64. The van der Waals surface area contributed by atoms with E-state index in [9.17, 15) is 4.79 Å². The Morgan fingerprint density at radius 1 is 1.06 bits per heavy atom. The quantitative estimate of drug-likeness (QED) is 0.453. The van der Waals surface area contributed by atoms with Crippen molar-refractivity contribution < 1.29 is 14.3 Å². The van der Waals surface area contributed by atoms with Crippen LogP contribution in [-0.4, -0.2) is 39.7 Å². The molecule has 1 aliphatic rings. The average molecular weight is 441 g/mol. The molecule has 1 unspecified atom stereocenters. The van der Waals surface area contributed by atoms with Crippen molar-refractivity contribution in [3.63, 3.8) is 0 Å². The van der Waals surface area contributed by atoms with E-state index >= 15 is 0 Å². The lowest BCUT2D eigenvalue weighted by atomic mass is 9.95. The van der Waals surface area contributed by atoms with Crippen LogP contribution in [0.3, 0.4) is 0 Å². The predicted molar refractivity (Wildman–Crippen MR) is 124 cm³/mol. The largest absolute Gasteiger partial charge is 0.497 e. The lowest BCUT2D eigenvalue weighted by Crippen LogP contribution is -2.29. The number of carbonyl (C=O) groups is 1. The number of fused-ring (bicyclic) bond motifs is 1. The number of hydrogen-bond donors (Lipinski definition) is 1. The molecule has 0 aliphatic carbocycles. The number of nitrogens with one attached hydrogen (secondary N) is 1. The Balaban J connectivity index is 1.63. The second-order valence-corrected chi connectivity index (χ2v) is 7.79. The van der Waals surface area contributed by atoms with E-state index in [1.54, 1.807) is 19.5 Å². The minimum atomic E-state index is -0.316. The van der Waals surface area contributed by atoms with E-state index in [4.69, 9.17) is 9.47 Å². The maximum Gasteiger partial charge on any atom is 0.273 e. The number of nitrogens with zero attached hydrogens (tertiary/aromatic N) is 3. The number of carbonyl (C=O) groups excluding carboxylic acids is 1. The normalized spacial score (nSPS) is 14.9. The number of ether oxygens (including phenoxy) is 2. The van der Waals surface area contributed by atoms with Crippen LogP contribution in [0.25, 0.3) is 11.3 Å². The number of amides is 1. The van der Waals surface area contributed by atoms with Crippen molar-refractivity contribution in [1.82, 2.24) is 20.1 Å². The molecule has 1 atom stereocenters. The van der Waals surface area contributed by atoms with Crippen molar-refractivity contribution in [1.29, 1.82) is 0 Å². The van der Waals surface area contributed by atoms with Gasteiger partial charge in [0.05, 0.1) is 25.5 Å². The minimum Gasteiger partial charge on any atom is -0.497 e. The number of benzene rings is 2. The molecule has 2 aromatic carbocycles. The fourth-order valence-electron chi connectivity index (χ4n) is 4.30. The first kappa shape index (κ1) is 20.8. The van der Waals surface area contributed by atoms with Crippen LogP contribution in [-0.2, 0) is 6.54 Å². The van der Waals surface area contributed by atoms with E-state index in [1.807, 2.05) is 72.5 Å². The molecule has 0 radical (unpaired) electrons. The summed E-state index contributed by atoms with van der Waals surface area (Å²) >= 11 is 0. The van der Waals surface area contributed by atoms with E-state index < -0.39 is 0 Å². The second-order valence-electron chi connectivity index (χ2n) is 7.79. The molecule has 33 heavy (non-hydrogen) atoms. The third-order valence-corrected chi connectivity index (χ3v) is 5.79. The zero-order valence-electron chi connectivity index (χ0n) is 18.5. The number of methoxy groups -OCH3 is 1. The molecule has 0 saturated carbocycles. The maximum absolute atomic E-state index is 13.5. The summed E-state index contributed by atoms with van der Waals surface area (Å²) in [5.74, 6) is 1.45. The van der Waals surface area contributed by atoms with Crippen molar-refractivity contribution >= 4 is 5.91 Å². The van der Waals surface area contributed by atoms with Gasteiger partial charge in [0.25, 0.3) is 5.91 Å². The van der Waals surface area contributed by atoms with Crippen LogP contribution in [0.5, 0.6) is 11.5 Å². The summed E-state index contributed by atoms with van der Waals surface area (Å²) in [6, 6.07) is 19.1. The summed E-state index contributed by atoms with van der Waals surface area (Å²) in [6.07, 6.45) is 3.52. The molecule has 0 fully saturated rings. The predicted octanol–water partition coefficient (Wildman–Crippen LogP) is 4.62. The fourth-order valence-corrected chi connectivity index (χ4v) is 4.30. The molecule has 0 spiro atoms. The smallest absolute Gasteiger partial charge is 0.273 e. The van der Waals surface area contributed by atoms with Gasteiger partial charge in [0.15, 0.2) is 0 Å². The van der Waals surface area contributed by atoms with Gasteiger partial charge < -0.3 is 14.4 Å². The van der Waals surface area contributed by atoms with E-state index in [2.05, 4.69) is 15.2 Å². The lowest BCUT2D eigenvalue weighted by molar-refractivity contribution is 0.0729. The Kier molecular flexibility index (Phi) is 5.52. The lowest BCUT2D eigenvalue weighted by Gasteiger charge is -2.26.